The lowest BCUT2D eigenvalue weighted by molar-refractivity contribution is 0.0220. The van der Waals surface area contributed by atoms with Crippen LogP contribution in [-0.2, 0) is 4.74 Å². The molecule has 2 nitrogen and oxygen atoms in total. The van der Waals surface area contributed by atoms with Crippen molar-refractivity contribution in [2.24, 2.45) is 11.8 Å². The molecule has 0 aliphatic carbocycles. The van der Waals surface area contributed by atoms with Crippen LogP contribution in [0.4, 0.5) is 0 Å². The molecule has 74 valence electrons. The first-order valence-corrected chi connectivity index (χ1v) is 4.74. The van der Waals surface area contributed by atoms with E-state index >= 15 is 0 Å². The minimum absolute atomic E-state index is 0.315. The lowest BCUT2D eigenvalue weighted by Crippen LogP contribution is -2.45. The maximum Gasteiger partial charge on any atom is 0.0749 e. The summed E-state index contributed by atoms with van der Waals surface area (Å²) in [6.45, 7) is 8.83. The fourth-order valence-corrected chi connectivity index (χ4v) is 1.71. The van der Waals surface area contributed by atoms with Gasteiger partial charge in [0.25, 0.3) is 0 Å². The number of likely N-dealkylation sites (N-methyl/N-ethyl adjacent to an activating group) is 1. The third-order valence-electron chi connectivity index (χ3n) is 2.33. The van der Waals surface area contributed by atoms with Gasteiger partial charge in [-0.3, -0.25) is 0 Å². The maximum atomic E-state index is 5.46. The Bertz CT molecular complexity index is 98.4. The van der Waals surface area contributed by atoms with Crippen molar-refractivity contribution in [3.05, 3.63) is 0 Å². The van der Waals surface area contributed by atoms with Gasteiger partial charge in [-0.1, -0.05) is 27.7 Å². The third-order valence-corrected chi connectivity index (χ3v) is 2.33. The summed E-state index contributed by atoms with van der Waals surface area (Å²) in [5.41, 5.74) is 0. The first kappa shape index (κ1) is 11.9. The van der Waals surface area contributed by atoms with Crippen molar-refractivity contribution in [1.82, 2.24) is 5.32 Å². The van der Waals surface area contributed by atoms with E-state index in [0.29, 0.717) is 24.0 Å². The molecule has 0 fully saturated rings. The van der Waals surface area contributed by atoms with Gasteiger partial charge in [-0.2, -0.15) is 0 Å². The van der Waals surface area contributed by atoms with E-state index in [1.54, 1.807) is 7.11 Å². The van der Waals surface area contributed by atoms with Gasteiger partial charge in [0.1, 0.15) is 0 Å². The third kappa shape index (κ3) is 3.11. The van der Waals surface area contributed by atoms with E-state index in [0.717, 1.165) is 0 Å². The van der Waals surface area contributed by atoms with E-state index in [4.69, 9.17) is 4.74 Å². The summed E-state index contributed by atoms with van der Waals surface area (Å²) in [4.78, 5) is 0. The molecule has 0 aromatic rings. The van der Waals surface area contributed by atoms with Crippen molar-refractivity contribution >= 4 is 0 Å². The summed E-state index contributed by atoms with van der Waals surface area (Å²) < 4.78 is 5.46. The predicted octanol–water partition coefficient (Wildman–Crippen LogP) is 1.90. The zero-order valence-electron chi connectivity index (χ0n) is 9.22. The molecule has 0 aromatic carbocycles. The molecule has 0 heterocycles. The summed E-state index contributed by atoms with van der Waals surface area (Å²) in [6.07, 6.45) is 0.315. The van der Waals surface area contributed by atoms with E-state index in [-0.39, 0.29) is 0 Å². The standard InChI is InChI=1S/C10H23NO/c1-7(2)9(11-5)10(12-6)8(3)4/h7-11H,1-6H3. The Kier molecular flexibility index (Phi) is 5.51. The molecule has 0 saturated heterocycles. The van der Waals surface area contributed by atoms with Gasteiger partial charge in [-0.15, -0.1) is 0 Å². The van der Waals surface area contributed by atoms with Crippen LogP contribution in [0.25, 0.3) is 0 Å². The molecule has 0 aromatic heterocycles. The SMILES string of the molecule is CNC(C(C)C)C(OC)C(C)C. The minimum atomic E-state index is 0.315. The number of rotatable bonds is 5. The van der Waals surface area contributed by atoms with Gasteiger partial charge in [0.2, 0.25) is 0 Å². The number of hydrogen-bond donors (Lipinski definition) is 1. The van der Waals surface area contributed by atoms with Crippen molar-refractivity contribution in [3.63, 3.8) is 0 Å². The van der Waals surface area contributed by atoms with Crippen LogP contribution in [0, 0.1) is 11.8 Å². The molecule has 0 aliphatic rings. The molecule has 0 saturated carbocycles. The van der Waals surface area contributed by atoms with Gasteiger partial charge in [0.15, 0.2) is 0 Å². The first-order valence-electron chi connectivity index (χ1n) is 4.74. The Labute approximate surface area is 76.7 Å². The first-order chi connectivity index (χ1) is 5.54. The average Bonchev–Trinajstić information content (AvgIpc) is 1.98. The number of ether oxygens (including phenoxy) is 1. The fraction of sp³-hybridized carbons (Fsp3) is 1.00. The lowest BCUT2D eigenvalue weighted by atomic mass is 9.91. The van der Waals surface area contributed by atoms with Crippen molar-refractivity contribution < 1.29 is 4.74 Å². The molecule has 0 spiro atoms. The molecule has 0 rings (SSSR count). The molecule has 0 aliphatic heterocycles. The van der Waals surface area contributed by atoms with E-state index < -0.39 is 0 Å². The van der Waals surface area contributed by atoms with Crippen molar-refractivity contribution in [3.8, 4) is 0 Å². The maximum absolute atomic E-state index is 5.46. The van der Waals surface area contributed by atoms with Crippen molar-refractivity contribution in [2.75, 3.05) is 14.2 Å². The topological polar surface area (TPSA) is 21.3 Å². The molecular weight excluding hydrogens is 150 g/mol. The van der Waals surface area contributed by atoms with Gasteiger partial charge >= 0.3 is 0 Å². The largest absolute Gasteiger partial charge is 0.380 e. The quantitative estimate of drug-likeness (QED) is 0.685. The molecule has 1 N–H and O–H groups in total. The Morgan fingerprint density at radius 1 is 1.00 bits per heavy atom. The Morgan fingerprint density at radius 3 is 1.58 bits per heavy atom. The Hall–Kier alpha value is -0.0800. The molecule has 0 amide bonds. The van der Waals surface area contributed by atoms with Gasteiger partial charge in [-0.05, 0) is 18.9 Å². The highest BCUT2D eigenvalue weighted by Crippen LogP contribution is 2.16. The number of hydrogen-bond acceptors (Lipinski definition) is 2. The second-order valence-electron chi connectivity index (χ2n) is 4.00. The smallest absolute Gasteiger partial charge is 0.0749 e. The van der Waals surface area contributed by atoms with Gasteiger partial charge in [0.05, 0.1) is 6.10 Å². The highest BCUT2D eigenvalue weighted by molar-refractivity contribution is 4.80. The fourth-order valence-electron chi connectivity index (χ4n) is 1.71. The summed E-state index contributed by atoms with van der Waals surface area (Å²) in [6, 6.07) is 0.454. The second-order valence-corrected chi connectivity index (χ2v) is 4.00. The number of nitrogens with one attached hydrogen (secondary N) is 1. The minimum Gasteiger partial charge on any atom is -0.380 e. The normalized spacial score (nSPS) is 17.0. The molecule has 2 unspecified atom stereocenters. The summed E-state index contributed by atoms with van der Waals surface area (Å²) in [5.74, 6) is 1.18. The number of methoxy groups -OCH3 is 1. The Balaban J connectivity index is 4.23. The van der Waals surface area contributed by atoms with Crippen LogP contribution in [0.15, 0.2) is 0 Å². The zero-order valence-corrected chi connectivity index (χ0v) is 9.22. The molecular formula is C10H23NO. The lowest BCUT2D eigenvalue weighted by Gasteiger charge is -2.31. The highest BCUT2D eigenvalue weighted by atomic mass is 16.5. The summed E-state index contributed by atoms with van der Waals surface area (Å²) >= 11 is 0. The monoisotopic (exact) mass is 173 g/mol. The van der Waals surface area contributed by atoms with Gasteiger partial charge in [-0.25, -0.2) is 0 Å². The van der Waals surface area contributed by atoms with Gasteiger partial charge < -0.3 is 10.1 Å². The molecule has 2 atom stereocenters. The second kappa shape index (κ2) is 5.55. The molecule has 0 bridgehead atoms. The summed E-state index contributed by atoms with van der Waals surface area (Å²) in [5, 5.41) is 3.31. The van der Waals surface area contributed by atoms with E-state index in [2.05, 4.69) is 33.0 Å². The van der Waals surface area contributed by atoms with Crippen molar-refractivity contribution in [1.29, 1.82) is 0 Å². The van der Waals surface area contributed by atoms with Crippen LogP contribution in [-0.4, -0.2) is 26.3 Å². The van der Waals surface area contributed by atoms with Crippen LogP contribution in [0.2, 0.25) is 0 Å². The predicted molar refractivity (Wildman–Crippen MR) is 53.3 cm³/mol. The van der Waals surface area contributed by atoms with E-state index in [1.165, 1.54) is 0 Å². The van der Waals surface area contributed by atoms with Crippen LogP contribution in [0.5, 0.6) is 0 Å². The van der Waals surface area contributed by atoms with Crippen LogP contribution in [0.3, 0.4) is 0 Å². The van der Waals surface area contributed by atoms with Crippen LogP contribution >= 0.6 is 0 Å². The van der Waals surface area contributed by atoms with Crippen LogP contribution in [0.1, 0.15) is 27.7 Å². The zero-order chi connectivity index (χ0) is 9.72. The van der Waals surface area contributed by atoms with Crippen LogP contribution < -0.4 is 5.32 Å². The van der Waals surface area contributed by atoms with Crippen molar-refractivity contribution in [2.45, 2.75) is 39.8 Å². The average molecular weight is 173 g/mol. The summed E-state index contributed by atoms with van der Waals surface area (Å²) in [7, 11) is 3.79. The Morgan fingerprint density at radius 2 is 1.50 bits per heavy atom. The van der Waals surface area contributed by atoms with E-state index in [1.807, 2.05) is 7.05 Å². The van der Waals surface area contributed by atoms with Gasteiger partial charge in [0, 0.05) is 13.2 Å². The molecule has 2 heteroatoms. The van der Waals surface area contributed by atoms with E-state index in [9.17, 15) is 0 Å². The molecule has 0 radical (unpaired) electrons. The highest BCUT2D eigenvalue weighted by Gasteiger charge is 2.25. The molecule has 12 heavy (non-hydrogen) atoms.